The van der Waals surface area contributed by atoms with Crippen molar-refractivity contribution in [2.24, 2.45) is 0 Å². The molecular weight excluding hydrogens is 454 g/mol. The van der Waals surface area contributed by atoms with E-state index >= 15 is 0 Å². The Bertz CT molecular complexity index is 1000. The van der Waals surface area contributed by atoms with E-state index in [-0.39, 0.29) is 17.0 Å². The maximum atomic E-state index is 14.1. The first kappa shape index (κ1) is 22.2. The molecule has 0 aliphatic rings. The van der Waals surface area contributed by atoms with Gasteiger partial charge in [-0.3, -0.25) is 0 Å². The van der Waals surface area contributed by atoms with E-state index in [1.807, 2.05) is 18.2 Å². The highest BCUT2D eigenvalue weighted by molar-refractivity contribution is 9.10. The highest BCUT2D eigenvalue weighted by Crippen LogP contribution is 2.32. The molecular formula is C24H23BrF2O3. The number of rotatable bonds is 8. The van der Waals surface area contributed by atoms with Gasteiger partial charge in [0.2, 0.25) is 0 Å². The lowest BCUT2D eigenvalue weighted by atomic mass is 9.85. The molecule has 0 spiro atoms. The summed E-state index contributed by atoms with van der Waals surface area (Å²) in [5, 5.41) is 0. The van der Waals surface area contributed by atoms with Crippen LogP contribution in [0.2, 0.25) is 0 Å². The number of methoxy groups -OCH3 is 1. The number of ether oxygens (including phenoxy) is 3. The summed E-state index contributed by atoms with van der Waals surface area (Å²) in [5.41, 5.74) is 1.65. The van der Waals surface area contributed by atoms with E-state index in [4.69, 9.17) is 14.2 Å². The average molecular weight is 477 g/mol. The normalized spacial score (nSPS) is 11.4. The smallest absolute Gasteiger partial charge is 0.165 e. The van der Waals surface area contributed by atoms with Crippen LogP contribution in [-0.4, -0.2) is 13.7 Å². The third kappa shape index (κ3) is 5.58. The Balaban J connectivity index is 1.64. The summed E-state index contributed by atoms with van der Waals surface area (Å²) < 4.78 is 44.8. The zero-order valence-electron chi connectivity index (χ0n) is 17.0. The van der Waals surface area contributed by atoms with Crippen LogP contribution in [0.3, 0.4) is 0 Å². The van der Waals surface area contributed by atoms with E-state index in [0.29, 0.717) is 19.0 Å². The summed E-state index contributed by atoms with van der Waals surface area (Å²) in [6.45, 7) is 4.96. The maximum absolute atomic E-state index is 14.1. The van der Waals surface area contributed by atoms with Crippen molar-refractivity contribution in [2.45, 2.75) is 25.9 Å². The van der Waals surface area contributed by atoms with Crippen molar-refractivity contribution in [1.82, 2.24) is 0 Å². The van der Waals surface area contributed by atoms with Crippen LogP contribution in [-0.2, 0) is 16.8 Å². The van der Waals surface area contributed by atoms with Crippen LogP contribution < -0.4 is 9.47 Å². The molecule has 0 fully saturated rings. The summed E-state index contributed by atoms with van der Waals surface area (Å²) in [7, 11) is 1.63. The SMILES string of the molecule is COc1ccc(C(C)(C)COCc2ccc(F)c(Oc3ccc(F)cc3)c2)cc1Br. The molecule has 0 saturated carbocycles. The van der Waals surface area contributed by atoms with Crippen molar-refractivity contribution in [1.29, 1.82) is 0 Å². The van der Waals surface area contributed by atoms with Gasteiger partial charge in [0.25, 0.3) is 0 Å². The molecule has 0 heterocycles. The molecule has 0 aromatic heterocycles. The molecule has 0 amide bonds. The molecule has 30 heavy (non-hydrogen) atoms. The van der Waals surface area contributed by atoms with Gasteiger partial charge in [-0.05, 0) is 75.6 Å². The Labute approximate surface area is 183 Å². The fraction of sp³-hybridized carbons (Fsp3) is 0.250. The number of hydrogen-bond donors (Lipinski definition) is 0. The van der Waals surface area contributed by atoms with E-state index in [1.165, 1.54) is 30.3 Å². The summed E-state index contributed by atoms with van der Waals surface area (Å²) >= 11 is 3.51. The second-order valence-electron chi connectivity index (χ2n) is 7.55. The molecule has 158 valence electrons. The van der Waals surface area contributed by atoms with Gasteiger partial charge < -0.3 is 14.2 Å². The molecule has 0 saturated heterocycles. The quantitative estimate of drug-likeness (QED) is 0.349. The molecule has 0 aliphatic heterocycles. The predicted molar refractivity (Wildman–Crippen MR) is 116 cm³/mol. The van der Waals surface area contributed by atoms with Crippen molar-refractivity contribution in [3.63, 3.8) is 0 Å². The minimum Gasteiger partial charge on any atom is -0.496 e. The number of benzene rings is 3. The van der Waals surface area contributed by atoms with E-state index in [9.17, 15) is 8.78 Å². The largest absolute Gasteiger partial charge is 0.496 e. The molecule has 6 heteroatoms. The lowest BCUT2D eigenvalue weighted by Crippen LogP contribution is -2.24. The number of hydrogen-bond acceptors (Lipinski definition) is 3. The van der Waals surface area contributed by atoms with Gasteiger partial charge in [-0.25, -0.2) is 8.78 Å². The second-order valence-corrected chi connectivity index (χ2v) is 8.40. The highest BCUT2D eigenvalue weighted by Gasteiger charge is 2.22. The Hall–Kier alpha value is -2.44. The summed E-state index contributed by atoms with van der Waals surface area (Å²) in [6.07, 6.45) is 0. The molecule has 0 unspecified atom stereocenters. The van der Waals surface area contributed by atoms with E-state index in [1.54, 1.807) is 19.2 Å². The molecule has 0 N–H and O–H groups in total. The Morgan fingerprint density at radius 3 is 2.30 bits per heavy atom. The van der Waals surface area contributed by atoms with Crippen molar-refractivity contribution < 1.29 is 23.0 Å². The van der Waals surface area contributed by atoms with E-state index < -0.39 is 5.82 Å². The van der Waals surface area contributed by atoms with Gasteiger partial charge in [0, 0.05) is 5.41 Å². The van der Waals surface area contributed by atoms with Crippen molar-refractivity contribution in [3.05, 3.63) is 87.9 Å². The van der Waals surface area contributed by atoms with Crippen molar-refractivity contribution in [2.75, 3.05) is 13.7 Å². The molecule has 0 atom stereocenters. The minimum absolute atomic E-state index is 0.0704. The van der Waals surface area contributed by atoms with Gasteiger partial charge in [0.05, 0.1) is 24.8 Å². The lowest BCUT2D eigenvalue weighted by molar-refractivity contribution is 0.0823. The van der Waals surface area contributed by atoms with Gasteiger partial charge in [-0.15, -0.1) is 0 Å². The van der Waals surface area contributed by atoms with Gasteiger partial charge in [-0.2, -0.15) is 0 Å². The summed E-state index contributed by atoms with van der Waals surface area (Å²) in [4.78, 5) is 0. The van der Waals surface area contributed by atoms with Gasteiger partial charge in [0.15, 0.2) is 11.6 Å². The summed E-state index contributed by atoms with van der Waals surface area (Å²) in [5.74, 6) is 0.332. The zero-order valence-corrected chi connectivity index (χ0v) is 18.6. The van der Waals surface area contributed by atoms with Crippen LogP contribution in [0.5, 0.6) is 17.2 Å². The fourth-order valence-electron chi connectivity index (χ4n) is 2.94. The van der Waals surface area contributed by atoms with Crippen LogP contribution in [0.4, 0.5) is 8.78 Å². The van der Waals surface area contributed by atoms with Crippen LogP contribution in [0.15, 0.2) is 65.1 Å². The monoisotopic (exact) mass is 476 g/mol. The number of halogens is 3. The Morgan fingerprint density at radius 1 is 0.900 bits per heavy atom. The Kier molecular flexibility index (Phi) is 7.10. The zero-order chi connectivity index (χ0) is 21.7. The van der Waals surface area contributed by atoms with Crippen molar-refractivity contribution >= 4 is 15.9 Å². The minimum atomic E-state index is -0.494. The molecule has 0 radical (unpaired) electrons. The topological polar surface area (TPSA) is 27.7 Å². The molecule has 3 nitrogen and oxygen atoms in total. The average Bonchev–Trinajstić information content (AvgIpc) is 2.72. The Morgan fingerprint density at radius 2 is 1.63 bits per heavy atom. The standard InChI is InChI=1S/C24H23BrF2O3/c1-24(2,17-5-11-22(28-3)20(25)13-17)15-29-14-16-4-10-21(27)23(12-16)30-19-8-6-18(26)7-9-19/h4-13H,14-15H2,1-3H3. The van der Waals surface area contributed by atoms with Crippen molar-refractivity contribution in [3.8, 4) is 17.2 Å². The predicted octanol–water partition coefficient (Wildman–Crippen LogP) is 7.02. The molecule has 0 aliphatic carbocycles. The van der Waals surface area contributed by atoms with E-state index in [2.05, 4.69) is 29.8 Å². The summed E-state index contributed by atoms with van der Waals surface area (Å²) in [6, 6.07) is 16.0. The first-order valence-corrected chi connectivity index (χ1v) is 10.2. The third-order valence-electron chi connectivity index (χ3n) is 4.70. The van der Waals surface area contributed by atoms with Crippen LogP contribution in [0.25, 0.3) is 0 Å². The second kappa shape index (κ2) is 9.58. The van der Waals surface area contributed by atoms with Gasteiger partial charge >= 0.3 is 0 Å². The highest BCUT2D eigenvalue weighted by atomic mass is 79.9. The van der Waals surface area contributed by atoms with Gasteiger partial charge in [-0.1, -0.05) is 26.0 Å². The molecule has 0 bridgehead atoms. The van der Waals surface area contributed by atoms with Crippen LogP contribution in [0.1, 0.15) is 25.0 Å². The fourth-order valence-corrected chi connectivity index (χ4v) is 3.48. The van der Waals surface area contributed by atoms with Crippen LogP contribution >= 0.6 is 15.9 Å². The van der Waals surface area contributed by atoms with E-state index in [0.717, 1.165) is 21.3 Å². The van der Waals surface area contributed by atoms with Gasteiger partial charge in [0.1, 0.15) is 17.3 Å². The first-order valence-electron chi connectivity index (χ1n) is 9.42. The lowest BCUT2D eigenvalue weighted by Gasteiger charge is -2.26. The first-order chi connectivity index (χ1) is 14.3. The molecule has 3 aromatic rings. The maximum Gasteiger partial charge on any atom is 0.165 e. The molecule has 3 rings (SSSR count). The third-order valence-corrected chi connectivity index (χ3v) is 5.32. The molecule has 3 aromatic carbocycles. The van der Waals surface area contributed by atoms with Crippen LogP contribution in [0, 0.1) is 11.6 Å².